The maximum Gasteiger partial charge on any atom is 0.249 e. The van der Waals surface area contributed by atoms with Gasteiger partial charge in [-0.05, 0) is 43.9 Å². The van der Waals surface area contributed by atoms with Gasteiger partial charge in [-0.25, -0.2) is 18.1 Å². The fourth-order valence-electron chi connectivity index (χ4n) is 3.44. The number of carbonyl (C=O) groups is 1. The highest BCUT2D eigenvalue weighted by Gasteiger charge is 2.31. The number of nitrogens with zero attached hydrogens (tertiary/aromatic N) is 4. The number of anilines is 1. The normalized spacial score (nSPS) is 16.1. The fraction of sp³-hybridized carbons (Fsp3) is 0.526. The van der Waals surface area contributed by atoms with E-state index in [-0.39, 0.29) is 22.5 Å². The fourth-order valence-corrected chi connectivity index (χ4v) is 5.11. The topological polar surface area (TPSA) is 106 Å². The number of rotatable bonds is 8. The minimum atomic E-state index is -3.70. The van der Waals surface area contributed by atoms with Gasteiger partial charge < -0.3 is 10.1 Å². The van der Waals surface area contributed by atoms with Crippen molar-refractivity contribution in [2.75, 3.05) is 25.0 Å². The molecule has 1 aliphatic rings. The molecule has 1 N–H and O–H groups in total. The Bertz CT molecular complexity index is 938. The van der Waals surface area contributed by atoms with Crippen LogP contribution in [-0.4, -0.2) is 53.1 Å². The summed E-state index contributed by atoms with van der Waals surface area (Å²) in [6.07, 6.45) is 4.55. The summed E-state index contributed by atoms with van der Waals surface area (Å²) in [5.41, 5.74) is 0.391. The van der Waals surface area contributed by atoms with E-state index < -0.39 is 16.1 Å². The zero-order valence-corrected chi connectivity index (χ0v) is 17.7. The van der Waals surface area contributed by atoms with E-state index >= 15 is 0 Å². The minimum absolute atomic E-state index is 0.0350. The average Bonchev–Trinajstić information content (AvgIpc) is 3.37. The number of nitrogens with one attached hydrogen (secondary N) is 1. The van der Waals surface area contributed by atoms with Crippen LogP contribution in [-0.2, 0) is 14.8 Å². The molecule has 29 heavy (non-hydrogen) atoms. The van der Waals surface area contributed by atoms with Gasteiger partial charge in [0.15, 0.2) is 0 Å². The van der Waals surface area contributed by atoms with Crippen LogP contribution in [0.25, 0.3) is 0 Å². The zero-order chi connectivity index (χ0) is 21.0. The first-order chi connectivity index (χ1) is 13.8. The summed E-state index contributed by atoms with van der Waals surface area (Å²) in [4.78, 5) is 16.9. The van der Waals surface area contributed by atoms with Gasteiger partial charge in [-0.3, -0.25) is 4.79 Å². The zero-order valence-electron chi connectivity index (χ0n) is 16.9. The van der Waals surface area contributed by atoms with E-state index in [0.29, 0.717) is 25.4 Å². The summed E-state index contributed by atoms with van der Waals surface area (Å²) in [7, 11) is -3.70. The van der Waals surface area contributed by atoms with Gasteiger partial charge in [0.2, 0.25) is 15.9 Å². The summed E-state index contributed by atoms with van der Waals surface area (Å²) >= 11 is 0. The molecule has 1 fully saturated rings. The number of hydrogen-bond acceptors (Lipinski definition) is 6. The van der Waals surface area contributed by atoms with Gasteiger partial charge in [0, 0.05) is 18.8 Å². The lowest BCUT2D eigenvalue weighted by atomic mass is 10.0. The Balaban J connectivity index is 1.91. The molecule has 0 saturated carbocycles. The molecule has 9 nitrogen and oxygen atoms in total. The molecule has 0 unspecified atom stereocenters. The Kier molecular flexibility index (Phi) is 6.53. The van der Waals surface area contributed by atoms with E-state index in [0.717, 1.165) is 12.8 Å². The third-order valence-corrected chi connectivity index (χ3v) is 6.74. The summed E-state index contributed by atoms with van der Waals surface area (Å²) in [6, 6.07) is 4.13. The molecule has 1 saturated heterocycles. The summed E-state index contributed by atoms with van der Waals surface area (Å²) in [6.45, 7) is 6.95. The third-order valence-electron chi connectivity index (χ3n) is 4.82. The molecule has 1 aromatic carbocycles. The SMILES string of the molecule is CCOc1ccc(NC(=O)[C@@H](C(C)C)n2cncn2)cc1S(=O)(=O)N1CCCC1. The van der Waals surface area contributed by atoms with Gasteiger partial charge in [-0.15, -0.1) is 0 Å². The van der Waals surface area contributed by atoms with Crippen LogP contribution in [0.2, 0.25) is 0 Å². The Morgan fingerprint density at radius 3 is 2.59 bits per heavy atom. The molecular weight excluding hydrogens is 394 g/mol. The van der Waals surface area contributed by atoms with Crippen molar-refractivity contribution in [3.63, 3.8) is 0 Å². The number of sulfonamides is 1. The molecule has 0 bridgehead atoms. The highest BCUT2D eigenvalue weighted by molar-refractivity contribution is 7.89. The van der Waals surface area contributed by atoms with Gasteiger partial charge in [0.1, 0.15) is 29.3 Å². The molecule has 0 radical (unpaired) electrons. The lowest BCUT2D eigenvalue weighted by molar-refractivity contribution is -0.120. The highest BCUT2D eigenvalue weighted by Crippen LogP contribution is 2.32. The monoisotopic (exact) mass is 421 g/mol. The Morgan fingerprint density at radius 1 is 1.28 bits per heavy atom. The highest BCUT2D eigenvalue weighted by atomic mass is 32.2. The van der Waals surface area contributed by atoms with Crippen molar-refractivity contribution in [3.05, 3.63) is 30.9 Å². The predicted octanol–water partition coefficient (Wildman–Crippen LogP) is 2.30. The summed E-state index contributed by atoms with van der Waals surface area (Å²) < 4.78 is 34.7. The maximum absolute atomic E-state index is 13.1. The van der Waals surface area contributed by atoms with Crippen LogP contribution in [0.3, 0.4) is 0 Å². The molecule has 158 valence electrons. The van der Waals surface area contributed by atoms with Crippen molar-refractivity contribution in [3.8, 4) is 5.75 Å². The van der Waals surface area contributed by atoms with Gasteiger partial charge in [0.25, 0.3) is 0 Å². The molecule has 0 spiro atoms. The van der Waals surface area contributed by atoms with E-state index in [4.69, 9.17) is 4.74 Å². The number of hydrogen-bond donors (Lipinski definition) is 1. The van der Waals surface area contributed by atoms with Crippen LogP contribution in [0.5, 0.6) is 5.75 Å². The molecule has 1 amide bonds. The Labute approximate surface area is 171 Å². The van der Waals surface area contributed by atoms with Gasteiger partial charge in [-0.2, -0.15) is 9.40 Å². The van der Waals surface area contributed by atoms with Crippen molar-refractivity contribution in [1.82, 2.24) is 19.1 Å². The van der Waals surface area contributed by atoms with E-state index in [9.17, 15) is 13.2 Å². The first-order valence-corrected chi connectivity index (χ1v) is 11.2. The Morgan fingerprint density at radius 2 is 2.00 bits per heavy atom. The third kappa shape index (κ3) is 4.59. The molecule has 0 aliphatic carbocycles. The first kappa shape index (κ1) is 21.3. The predicted molar refractivity (Wildman–Crippen MR) is 108 cm³/mol. The number of carbonyl (C=O) groups excluding carboxylic acids is 1. The van der Waals surface area contributed by atoms with E-state index in [1.165, 1.54) is 27.7 Å². The van der Waals surface area contributed by atoms with E-state index in [2.05, 4.69) is 15.4 Å². The van der Waals surface area contributed by atoms with Crippen LogP contribution in [0, 0.1) is 5.92 Å². The van der Waals surface area contributed by atoms with Crippen molar-refractivity contribution >= 4 is 21.6 Å². The van der Waals surface area contributed by atoms with Crippen LogP contribution in [0.4, 0.5) is 5.69 Å². The molecule has 1 aliphatic heterocycles. The van der Waals surface area contributed by atoms with Crippen LogP contribution in [0.15, 0.2) is 35.7 Å². The number of benzene rings is 1. The van der Waals surface area contributed by atoms with Crippen molar-refractivity contribution in [1.29, 1.82) is 0 Å². The average molecular weight is 422 g/mol. The summed E-state index contributed by atoms with van der Waals surface area (Å²) in [5.74, 6) is -0.0412. The van der Waals surface area contributed by atoms with Gasteiger partial charge >= 0.3 is 0 Å². The number of amides is 1. The van der Waals surface area contributed by atoms with Gasteiger partial charge in [0.05, 0.1) is 6.61 Å². The maximum atomic E-state index is 13.1. The van der Waals surface area contributed by atoms with Crippen molar-refractivity contribution in [2.24, 2.45) is 5.92 Å². The Hall–Kier alpha value is -2.46. The molecule has 10 heteroatoms. The molecule has 1 aromatic heterocycles. The summed E-state index contributed by atoms with van der Waals surface area (Å²) in [5, 5.41) is 6.89. The van der Waals surface area contributed by atoms with Crippen LogP contribution < -0.4 is 10.1 Å². The minimum Gasteiger partial charge on any atom is -0.492 e. The van der Waals surface area contributed by atoms with Crippen molar-refractivity contribution in [2.45, 2.75) is 44.6 Å². The van der Waals surface area contributed by atoms with E-state index in [1.807, 2.05) is 13.8 Å². The van der Waals surface area contributed by atoms with Crippen LogP contribution in [0.1, 0.15) is 39.7 Å². The first-order valence-electron chi connectivity index (χ1n) is 9.76. The lowest BCUT2D eigenvalue weighted by Crippen LogP contribution is -2.31. The second-order valence-corrected chi connectivity index (χ2v) is 9.17. The second-order valence-electron chi connectivity index (χ2n) is 7.26. The number of aromatic nitrogens is 3. The smallest absolute Gasteiger partial charge is 0.249 e. The van der Waals surface area contributed by atoms with E-state index in [1.54, 1.807) is 19.1 Å². The van der Waals surface area contributed by atoms with Gasteiger partial charge in [-0.1, -0.05) is 13.8 Å². The molecule has 2 heterocycles. The largest absolute Gasteiger partial charge is 0.492 e. The van der Waals surface area contributed by atoms with Crippen LogP contribution >= 0.6 is 0 Å². The van der Waals surface area contributed by atoms with Crippen molar-refractivity contribution < 1.29 is 17.9 Å². The quantitative estimate of drug-likeness (QED) is 0.701. The standard InChI is InChI=1S/C19H27N5O4S/c1-4-28-16-8-7-15(11-17(16)29(26,27)23-9-5-6-10-23)22-19(25)18(14(2)3)24-13-20-12-21-24/h7-8,11-14,18H,4-6,9-10H2,1-3H3,(H,22,25)/t18-/m1/s1. The molecule has 1 atom stereocenters. The molecule has 2 aromatic rings. The number of ether oxygens (including phenoxy) is 1. The molecular formula is C19H27N5O4S. The molecule has 3 rings (SSSR count). The second kappa shape index (κ2) is 8.91. The lowest BCUT2D eigenvalue weighted by Gasteiger charge is -2.21.